The predicted octanol–water partition coefficient (Wildman–Crippen LogP) is 4.93. The first kappa shape index (κ1) is 15.7. The summed E-state index contributed by atoms with van der Waals surface area (Å²) in [6.45, 7) is 0. The number of thioether (sulfide) groups is 1. The lowest BCUT2D eigenvalue weighted by atomic mass is 10.0. The molecule has 25 heavy (non-hydrogen) atoms. The summed E-state index contributed by atoms with van der Waals surface area (Å²) in [4.78, 5) is 11.7. The molecular formula is C20H17N3OS. The van der Waals surface area contributed by atoms with Gasteiger partial charge in [0, 0.05) is 17.5 Å². The van der Waals surface area contributed by atoms with Crippen LogP contribution in [0, 0.1) is 0 Å². The van der Waals surface area contributed by atoms with Gasteiger partial charge in [0.1, 0.15) is 22.7 Å². The summed E-state index contributed by atoms with van der Waals surface area (Å²) in [5.74, 6) is 1.75. The lowest BCUT2D eigenvalue weighted by Crippen LogP contribution is -1.89. The van der Waals surface area contributed by atoms with Crippen molar-refractivity contribution in [2.24, 2.45) is 0 Å². The maximum atomic E-state index is 5.45. The highest BCUT2D eigenvalue weighted by Crippen LogP contribution is 2.31. The molecule has 4 aromatic rings. The van der Waals surface area contributed by atoms with Gasteiger partial charge in [0.25, 0.3) is 0 Å². The molecular weight excluding hydrogens is 330 g/mol. The van der Waals surface area contributed by atoms with Gasteiger partial charge >= 0.3 is 0 Å². The molecule has 0 amide bonds. The highest BCUT2D eigenvalue weighted by atomic mass is 32.2. The van der Waals surface area contributed by atoms with Crippen molar-refractivity contribution >= 4 is 22.8 Å². The average molecular weight is 347 g/mol. The smallest absolute Gasteiger partial charge is 0.141 e. The average Bonchev–Trinajstić information content (AvgIpc) is 3.16. The Balaban J connectivity index is 1.52. The molecule has 2 aromatic heterocycles. The van der Waals surface area contributed by atoms with Gasteiger partial charge in [0.2, 0.25) is 0 Å². The minimum atomic E-state index is 0.865. The van der Waals surface area contributed by atoms with Gasteiger partial charge in [-0.15, -0.1) is 11.8 Å². The van der Waals surface area contributed by atoms with Gasteiger partial charge in [-0.25, -0.2) is 9.97 Å². The Bertz CT molecular complexity index is 995. The molecule has 2 aromatic carbocycles. The van der Waals surface area contributed by atoms with E-state index in [1.165, 1.54) is 5.56 Å². The summed E-state index contributed by atoms with van der Waals surface area (Å²) < 4.78 is 5.45. The van der Waals surface area contributed by atoms with Crippen molar-refractivity contribution < 1.29 is 4.74 Å². The first-order valence-electron chi connectivity index (χ1n) is 7.98. The number of H-pyrrole nitrogens is 1. The van der Waals surface area contributed by atoms with Crippen LogP contribution in [0.3, 0.4) is 0 Å². The van der Waals surface area contributed by atoms with Crippen LogP contribution in [0.5, 0.6) is 5.75 Å². The van der Waals surface area contributed by atoms with E-state index >= 15 is 0 Å². The molecule has 0 fully saturated rings. The van der Waals surface area contributed by atoms with Crippen LogP contribution >= 0.6 is 11.8 Å². The Hall–Kier alpha value is -2.79. The van der Waals surface area contributed by atoms with Crippen molar-refractivity contribution in [2.45, 2.75) is 10.8 Å². The quantitative estimate of drug-likeness (QED) is 0.411. The number of hydrogen-bond donors (Lipinski definition) is 1. The maximum absolute atomic E-state index is 5.45. The Morgan fingerprint density at radius 3 is 2.68 bits per heavy atom. The van der Waals surface area contributed by atoms with Crippen LogP contribution in [0.2, 0.25) is 0 Å². The van der Waals surface area contributed by atoms with Crippen LogP contribution in [0.1, 0.15) is 5.56 Å². The Labute approximate surface area is 150 Å². The monoisotopic (exact) mass is 347 g/mol. The number of nitrogens with zero attached hydrogens (tertiary/aromatic N) is 2. The van der Waals surface area contributed by atoms with E-state index in [0.29, 0.717) is 0 Å². The minimum absolute atomic E-state index is 0.865. The Morgan fingerprint density at radius 1 is 1.00 bits per heavy atom. The van der Waals surface area contributed by atoms with Crippen LogP contribution in [0.4, 0.5) is 0 Å². The third kappa shape index (κ3) is 3.23. The lowest BCUT2D eigenvalue weighted by Gasteiger charge is -2.09. The molecule has 0 radical (unpaired) electrons. The summed E-state index contributed by atoms with van der Waals surface area (Å²) in [7, 11) is 1.70. The van der Waals surface area contributed by atoms with Gasteiger partial charge in [0.15, 0.2) is 0 Å². The van der Waals surface area contributed by atoms with Gasteiger partial charge in [-0.1, -0.05) is 42.5 Å². The van der Waals surface area contributed by atoms with Gasteiger partial charge in [-0.2, -0.15) is 0 Å². The first-order chi connectivity index (χ1) is 12.3. The Kier molecular flexibility index (Phi) is 4.39. The van der Waals surface area contributed by atoms with Gasteiger partial charge < -0.3 is 9.72 Å². The van der Waals surface area contributed by atoms with Crippen LogP contribution in [-0.4, -0.2) is 22.1 Å². The van der Waals surface area contributed by atoms with Gasteiger partial charge in [-0.3, -0.25) is 0 Å². The zero-order valence-electron chi connectivity index (χ0n) is 13.8. The summed E-state index contributed by atoms with van der Waals surface area (Å²) >= 11 is 1.72. The number of rotatable bonds is 5. The SMILES string of the molecule is COc1ccccc1-c1ccc(CSc2ncnc3[nH]ccc23)cc1. The summed E-state index contributed by atoms with van der Waals surface area (Å²) in [6, 6.07) is 18.7. The van der Waals surface area contributed by atoms with E-state index < -0.39 is 0 Å². The van der Waals surface area contributed by atoms with E-state index in [4.69, 9.17) is 4.74 Å². The van der Waals surface area contributed by atoms with Crippen molar-refractivity contribution in [3.05, 3.63) is 72.7 Å². The van der Waals surface area contributed by atoms with E-state index in [1.807, 2.05) is 30.5 Å². The van der Waals surface area contributed by atoms with Crippen molar-refractivity contribution in [3.63, 3.8) is 0 Å². The number of aromatic nitrogens is 3. The standard InChI is InChI=1S/C20H17N3OS/c1-24-18-5-3-2-4-16(18)15-8-6-14(7-9-15)12-25-20-17-10-11-21-19(17)22-13-23-20/h2-11,13H,12H2,1H3,(H,21,22,23). The van der Waals surface area contributed by atoms with Crippen molar-refractivity contribution in [1.29, 1.82) is 0 Å². The lowest BCUT2D eigenvalue weighted by molar-refractivity contribution is 0.416. The number of methoxy groups -OCH3 is 1. The molecule has 0 unspecified atom stereocenters. The zero-order valence-corrected chi connectivity index (χ0v) is 14.6. The minimum Gasteiger partial charge on any atom is -0.496 e. The summed E-state index contributed by atoms with van der Waals surface area (Å²) in [6.07, 6.45) is 3.50. The number of hydrogen-bond acceptors (Lipinski definition) is 4. The molecule has 124 valence electrons. The number of fused-ring (bicyclic) bond motifs is 1. The van der Waals surface area contributed by atoms with Gasteiger partial charge in [0.05, 0.1) is 12.5 Å². The fraction of sp³-hybridized carbons (Fsp3) is 0.100. The van der Waals surface area contributed by atoms with Crippen LogP contribution < -0.4 is 4.74 Å². The van der Waals surface area contributed by atoms with E-state index in [1.54, 1.807) is 25.2 Å². The van der Waals surface area contributed by atoms with Crippen LogP contribution in [-0.2, 0) is 5.75 Å². The Morgan fingerprint density at radius 2 is 1.84 bits per heavy atom. The van der Waals surface area contributed by atoms with E-state index in [9.17, 15) is 0 Å². The molecule has 2 heterocycles. The zero-order chi connectivity index (χ0) is 17.1. The van der Waals surface area contributed by atoms with Crippen LogP contribution in [0.15, 0.2) is 72.1 Å². The topological polar surface area (TPSA) is 50.8 Å². The van der Waals surface area contributed by atoms with Crippen molar-refractivity contribution in [2.75, 3.05) is 7.11 Å². The summed E-state index contributed by atoms with van der Waals surface area (Å²) in [5.41, 5.74) is 4.39. The molecule has 0 saturated carbocycles. The second kappa shape index (κ2) is 6.99. The third-order valence-corrected chi connectivity index (χ3v) is 5.14. The maximum Gasteiger partial charge on any atom is 0.141 e. The number of aromatic amines is 1. The predicted molar refractivity (Wildman–Crippen MR) is 102 cm³/mol. The normalized spacial score (nSPS) is 10.9. The van der Waals surface area contributed by atoms with E-state index in [-0.39, 0.29) is 0 Å². The first-order valence-corrected chi connectivity index (χ1v) is 8.97. The number of benzene rings is 2. The van der Waals surface area contributed by atoms with E-state index in [2.05, 4.69) is 45.3 Å². The van der Waals surface area contributed by atoms with Crippen molar-refractivity contribution in [1.82, 2.24) is 15.0 Å². The molecule has 0 saturated heterocycles. The fourth-order valence-electron chi connectivity index (χ4n) is 2.78. The molecule has 1 N–H and O–H groups in total. The molecule has 0 aliphatic heterocycles. The second-order valence-electron chi connectivity index (χ2n) is 5.60. The van der Waals surface area contributed by atoms with Crippen LogP contribution in [0.25, 0.3) is 22.2 Å². The highest BCUT2D eigenvalue weighted by molar-refractivity contribution is 7.98. The molecule has 0 bridgehead atoms. The highest BCUT2D eigenvalue weighted by Gasteiger charge is 2.07. The molecule has 0 aliphatic carbocycles. The largest absolute Gasteiger partial charge is 0.496 e. The molecule has 0 atom stereocenters. The number of ether oxygens (including phenoxy) is 1. The third-order valence-electron chi connectivity index (χ3n) is 4.06. The van der Waals surface area contributed by atoms with E-state index in [0.717, 1.165) is 38.7 Å². The van der Waals surface area contributed by atoms with Gasteiger partial charge in [-0.05, 0) is 23.3 Å². The van der Waals surface area contributed by atoms with Crippen molar-refractivity contribution in [3.8, 4) is 16.9 Å². The summed E-state index contributed by atoms with van der Waals surface area (Å²) in [5, 5.41) is 2.07. The second-order valence-corrected chi connectivity index (χ2v) is 6.57. The molecule has 4 nitrogen and oxygen atoms in total. The molecule has 0 aliphatic rings. The number of para-hydroxylation sites is 1. The molecule has 4 rings (SSSR count). The molecule has 0 spiro atoms. The fourth-order valence-corrected chi connectivity index (χ4v) is 3.72. The molecule has 5 heteroatoms. The number of nitrogens with one attached hydrogen (secondary N) is 1.